The van der Waals surface area contributed by atoms with Gasteiger partial charge < -0.3 is 0 Å². The van der Waals surface area contributed by atoms with Gasteiger partial charge in [-0.3, -0.25) is 9.97 Å². The Morgan fingerprint density at radius 1 is 0.889 bits per heavy atom. The second-order valence-electron chi connectivity index (χ2n) is 4.10. The zero-order valence-electron chi connectivity index (χ0n) is 10.1. The van der Waals surface area contributed by atoms with Crippen LogP contribution >= 0.6 is 19.1 Å². The van der Waals surface area contributed by atoms with E-state index < -0.39 is 8.07 Å². The Kier molecular flexibility index (Phi) is 7.06. The van der Waals surface area contributed by atoms with Crippen LogP contribution in [0, 0.1) is 0 Å². The molecule has 6 heteroatoms. The molecule has 2 nitrogen and oxygen atoms in total. The molecule has 100 valence electrons. The Hall–Kier alpha value is -0.241. The fourth-order valence-corrected chi connectivity index (χ4v) is 3.68. The van der Waals surface area contributed by atoms with Gasteiger partial charge in [-0.1, -0.05) is 25.2 Å². The van der Waals surface area contributed by atoms with Gasteiger partial charge in [0, 0.05) is 23.0 Å². The van der Waals surface area contributed by atoms with Gasteiger partial charge in [0.15, 0.2) is 8.07 Å². The van der Waals surface area contributed by atoms with Gasteiger partial charge >= 0.3 is 35.0 Å². The van der Waals surface area contributed by atoms with Gasteiger partial charge in [0.05, 0.1) is 0 Å². The van der Waals surface area contributed by atoms with Crippen molar-refractivity contribution in [2.75, 3.05) is 0 Å². The summed E-state index contributed by atoms with van der Waals surface area (Å²) in [6.45, 7) is 4.55. The predicted molar refractivity (Wildman–Crippen MR) is 76.9 cm³/mol. The summed E-state index contributed by atoms with van der Waals surface area (Å²) < 4.78 is 0. The summed E-state index contributed by atoms with van der Waals surface area (Å²) in [5, 5.41) is 2.37. The van der Waals surface area contributed by atoms with Crippen LogP contribution in [0.25, 0.3) is 0 Å². The van der Waals surface area contributed by atoms with E-state index in [4.69, 9.17) is 19.1 Å². The zero-order valence-corrected chi connectivity index (χ0v) is 14.2. The summed E-state index contributed by atoms with van der Waals surface area (Å²) in [5.41, 5.74) is 0. The van der Waals surface area contributed by atoms with Crippen molar-refractivity contribution in [3.05, 3.63) is 48.8 Å². The molecule has 2 aromatic heterocycles. The number of nitrogens with zero attached hydrogens (tertiary/aromatic N) is 2. The molecule has 0 aromatic carbocycles. The van der Waals surface area contributed by atoms with E-state index in [1.165, 1.54) is 10.6 Å². The maximum absolute atomic E-state index is 4.81. The first-order valence-corrected chi connectivity index (χ1v) is 12.3. The quantitative estimate of drug-likeness (QED) is 0.736. The van der Waals surface area contributed by atoms with Gasteiger partial charge in [0.1, 0.15) is 0 Å². The number of halogens is 2. The van der Waals surface area contributed by atoms with Crippen molar-refractivity contribution in [2.24, 2.45) is 0 Å². The first-order valence-electron chi connectivity index (χ1n) is 5.28. The van der Waals surface area contributed by atoms with Crippen LogP contribution in [0.4, 0.5) is 0 Å². The molecular weight excluding hydrogens is 378 g/mol. The third-order valence-corrected chi connectivity index (χ3v) is 5.76. The summed E-state index contributed by atoms with van der Waals surface area (Å²) in [6.07, 6.45) is 3.71. The summed E-state index contributed by atoms with van der Waals surface area (Å²) >= 11 is -0.106. The molecule has 0 saturated heterocycles. The van der Waals surface area contributed by atoms with Crippen molar-refractivity contribution in [3.8, 4) is 0 Å². The van der Waals surface area contributed by atoms with Gasteiger partial charge in [0.25, 0.3) is 0 Å². The Morgan fingerprint density at radius 2 is 1.28 bits per heavy atom. The van der Waals surface area contributed by atoms with Crippen LogP contribution in [0.1, 0.15) is 0 Å². The van der Waals surface area contributed by atoms with Crippen LogP contribution in [-0.2, 0) is 15.9 Å². The minimum atomic E-state index is -1.68. The van der Waals surface area contributed by atoms with Crippen molar-refractivity contribution in [1.29, 1.82) is 0 Å². The minimum absolute atomic E-state index is 0.106. The maximum atomic E-state index is 4.81. The van der Waals surface area contributed by atoms with Crippen molar-refractivity contribution >= 4 is 37.8 Å². The normalized spacial score (nSPS) is 10.7. The van der Waals surface area contributed by atoms with Crippen molar-refractivity contribution in [1.82, 2.24) is 9.97 Å². The average molecular weight is 392 g/mol. The molecule has 18 heavy (non-hydrogen) atoms. The van der Waals surface area contributed by atoms with Crippen LogP contribution in [0.3, 0.4) is 0 Å². The summed E-state index contributed by atoms with van der Waals surface area (Å²) in [4.78, 5) is 8.90. The third-order valence-electron chi connectivity index (χ3n) is 2.61. The van der Waals surface area contributed by atoms with E-state index in [9.17, 15) is 0 Å². The van der Waals surface area contributed by atoms with Crippen LogP contribution in [0.5, 0.6) is 0 Å². The van der Waals surface area contributed by atoms with E-state index in [1.54, 1.807) is 0 Å². The number of rotatable bonds is 2. The molecule has 0 aliphatic rings. The molecule has 2 heterocycles. The molecule has 0 spiro atoms. The average Bonchev–Trinajstić information content (AvgIpc) is 2.42. The number of pyridine rings is 2. The van der Waals surface area contributed by atoms with Gasteiger partial charge in [-0.05, 0) is 24.3 Å². The monoisotopic (exact) mass is 390 g/mol. The summed E-state index contributed by atoms with van der Waals surface area (Å²) in [6, 6.07) is 12.2. The van der Waals surface area contributed by atoms with E-state index in [0.717, 1.165) is 0 Å². The Bertz CT molecular complexity index is 413. The Labute approximate surface area is 125 Å². The second-order valence-corrected chi connectivity index (χ2v) is 10.7. The first-order chi connectivity index (χ1) is 8.62. The van der Waals surface area contributed by atoms with Crippen molar-refractivity contribution in [3.63, 3.8) is 0 Å². The fraction of sp³-hybridized carbons (Fsp3) is 0.167. The molecule has 2 rings (SSSR count). The van der Waals surface area contributed by atoms with E-state index in [1.807, 2.05) is 36.7 Å². The molecule has 0 fully saturated rings. The van der Waals surface area contributed by atoms with E-state index in [-0.39, 0.29) is 15.9 Å². The molecule has 0 N–H and O–H groups in total. The third kappa shape index (κ3) is 4.45. The number of hydrogen-bond donors (Lipinski definition) is 0. The van der Waals surface area contributed by atoms with Gasteiger partial charge in [-0.25, -0.2) is 0 Å². The molecule has 0 atom stereocenters. The fourth-order valence-electron chi connectivity index (χ4n) is 1.60. The number of aromatic nitrogens is 2. The van der Waals surface area contributed by atoms with Crippen LogP contribution < -0.4 is 10.6 Å². The molecule has 2 aromatic rings. The molecular formula is C12H14Cl2N2PdSi. The Morgan fingerprint density at radius 3 is 1.56 bits per heavy atom. The zero-order chi connectivity index (χ0) is 13.4. The van der Waals surface area contributed by atoms with E-state index in [2.05, 4.69) is 35.2 Å². The molecule has 0 unspecified atom stereocenters. The van der Waals surface area contributed by atoms with Gasteiger partial charge in [0.2, 0.25) is 0 Å². The van der Waals surface area contributed by atoms with Crippen LogP contribution in [0.2, 0.25) is 13.1 Å². The van der Waals surface area contributed by atoms with Crippen LogP contribution in [-0.4, -0.2) is 18.0 Å². The van der Waals surface area contributed by atoms with E-state index in [0.29, 0.717) is 0 Å². The topological polar surface area (TPSA) is 25.8 Å². The standard InChI is InChI=1S/C12H14N2Si.2ClH.Pd/c1-15(2,11-7-3-5-9-13-11)12-8-4-6-10-14-12;;;/h3-10H,1-2H3;2*1H;/q;;;+2/p-2. The first kappa shape index (κ1) is 15.8. The molecule has 0 radical (unpaired) electrons. The molecule has 0 aliphatic heterocycles. The second kappa shape index (κ2) is 8.04. The van der Waals surface area contributed by atoms with Gasteiger partial charge in [-0.15, -0.1) is 0 Å². The molecule has 0 amide bonds. The van der Waals surface area contributed by atoms with Crippen molar-refractivity contribution < 1.29 is 15.9 Å². The predicted octanol–water partition coefficient (Wildman–Crippen LogP) is 2.68. The summed E-state index contributed by atoms with van der Waals surface area (Å²) in [5.74, 6) is 0. The van der Waals surface area contributed by atoms with Gasteiger partial charge in [-0.2, -0.15) is 0 Å². The SMILES string of the molecule is C[Si](C)(c1ccccn1)c1ccccn1.[Cl][Pd][Cl]. The van der Waals surface area contributed by atoms with E-state index >= 15 is 0 Å². The summed E-state index contributed by atoms with van der Waals surface area (Å²) in [7, 11) is 7.95. The molecule has 0 bridgehead atoms. The van der Waals surface area contributed by atoms with Crippen LogP contribution in [0.15, 0.2) is 48.8 Å². The number of hydrogen-bond acceptors (Lipinski definition) is 2. The van der Waals surface area contributed by atoms with Crippen molar-refractivity contribution in [2.45, 2.75) is 13.1 Å². The molecule has 0 aliphatic carbocycles. The Balaban J connectivity index is 0.000000492. The molecule has 0 saturated carbocycles.